The van der Waals surface area contributed by atoms with Crippen LogP contribution in [0.2, 0.25) is 0 Å². The zero-order valence-electron chi connectivity index (χ0n) is 21.3. The first-order chi connectivity index (χ1) is 17.5. The maximum absolute atomic E-state index is 11.9. The number of carbonyl (C=O) groups is 1. The summed E-state index contributed by atoms with van der Waals surface area (Å²) >= 11 is 0. The molecule has 0 radical (unpaired) electrons. The molecule has 0 amide bonds. The predicted octanol–water partition coefficient (Wildman–Crippen LogP) is 3.15. The van der Waals surface area contributed by atoms with Crippen LogP contribution in [0.4, 0.5) is 5.82 Å². The highest BCUT2D eigenvalue weighted by Gasteiger charge is 2.40. The highest BCUT2D eigenvalue weighted by molar-refractivity contribution is 5.82. The Bertz CT molecular complexity index is 1280. The number of carbonyl (C=O) groups excluding carboxylic acids is 1. The molecule has 3 aromatic rings. The lowest BCUT2D eigenvalue weighted by Crippen LogP contribution is -2.37. The van der Waals surface area contributed by atoms with E-state index in [-0.39, 0.29) is 5.97 Å². The summed E-state index contributed by atoms with van der Waals surface area (Å²) in [6.45, 7) is 10.3. The van der Waals surface area contributed by atoms with E-state index in [2.05, 4.69) is 34.9 Å². The second kappa shape index (κ2) is 9.44. The fraction of sp³-hybridized carbons (Fsp3) is 0.556. The van der Waals surface area contributed by atoms with Crippen LogP contribution in [-0.2, 0) is 14.3 Å². The number of fused-ring (bicyclic) bond motifs is 3. The van der Waals surface area contributed by atoms with Gasteiger partial charge in [0.2, 0.25) is 0 Å². The Morgan fingerprint density at radius 2 is 1.94 bits per heavy atom. The number of rotatable bonds is 6. The summed E-state index contributed by atoms with van der Waals surface area (Å²) in [7, 11) is 0. The predicted molar refractivity (Wildman–Crippen MR) is 137 cm³/mol. The van der Waals surface area contributed by atoms with Gasteiger partial charge in [-0.3, -0.25) is 9.69 Å². The molecule has 0 unspecified atom stereocenters. The van der Waals surface area contributed by atoms with E-state index in [0.717, 1.165) is 73.9 Å². The van der Waals surface area contributed by atoms with Crippen molar-refractivity contribution in [1.82, 2.24) is 24.6 Å². The van der Waals surface area contributed by atoms with Crippen LogP contribution in [0.15, 0.2) is 24.4 Å². The van der Waals surface area contributed by atoms with Crippen molar-refractivity contribution in [1.29, 1.82) is 0 Å². The lowest BCUT2D eigenvalue weighted by atomic mass is 9.86. The number of hydrogen-bond acceptors (Lipinski definition) is 8. The number of piperidine rings is 1. The SMILES string of the molecule is CCOC(=O)CN1CCC(c2cc3c(cnn3-c3cc(N4C[C@@H]5C[C@H]4CO5)nc(C)n3)cc2C)CC1. The molecule has 6 rings (SSSR count). The van der Waals surface area contributed by atoms with Crippen LogP contribution >= 0.6 is 0 Å². The molecular weight excluding hydrogens is 456 g/mol. The van der Waals surface area contributed by atoms with E-state index in [1.54, 1.807) is 0 Å². The maximum Gasteiger partial charge on any atom is 0.320 e. The summed E-state index contributed by atoms with van der Waals surface area (Å²) in [4.78, 5) is 26.0. The highest BCUT2D eigenvalue weighted by Crippen LogP contribution is 2.35. The molecule has 190 valence electrons. The van der Waals surface area contributed by atoms with Crippen LogP contribution in [0.1, 0.15) is 49.1 Å². The lowest BCUT2D eigenvalue weighted by Gasteiger charge is -2.32. The van der Waals surface area contributed by atoms with Gasteiger partial charge in [0, 0.05) is 18.0 Å². The van der Waals surface area contributed by atoms with E-state index in [9.17, 15) is 4.79 Å². The second-order valence-corrected chi connectivity index (χ2v) is 10.3. The van der Waals surface area contributed by atoms with Gasteiger partial charge in [-0.1, -0.05) is 0 Å². The minimum absolute atomic E-state index is 0.133. The molecule has 0 spiro atoms. The number of hydrogen-bond donors (Lipinski definition) is 0. The Kier molecular flexibility index (Phi) is 6.13. The lowest BCUT2D eigenvalue weighted by molar-refractivity contribution is -0.144. The van der Waals surface area contributed by atoms with Crippen LogP contribution in [0.25, 0.3) is 16.7 Å². The van der Waals surface area contributed by atoms with E-state index in [1.165, 1.54) is 11.1 Å². The quantitative estimate of drug-likeness (QED) is 0.487. The average Bonchev–Trinajstić information content (AvgIpc) is 3.60. The van der Waals surface area contributed by atoms with Crippen LogP contribution in [0.3, 0.4) is 0 Å². The Morgan fingerprint density at radius 1 is 1.14 bits per heavy atom. The smallest absolute Gasteiger partial charge is 0.320 e. The van der Waals surface area contributed by atoms with Crippen molar-refractivity contribution in [2.75, 3.05) is 44.3 Å². The summed E-state index contributed by atoms with van der Waals surface area (Å²) in [5.74, 6) is 2.83. The third-order valence-electron chi connectivity index (χ3n) is 7.86. The summed E-state index contributed by atoms with van der Waals surface area (Å²) in [5, 5.41) is 5.85. The van der Waals surface area contributed by atoms with E-state index in [0.29, 0.717) is 31.2 Å². The molecule has 3 aliphatic heterocycles. The molecule has 3 saturated heterocycles. The molecule has 5 heterocycles. The van der Waals surface area contributed by atoms with Gasteiger partial charge in [-0.05, 0) is 82.3 Å². The van der Waals surface area contributed by atoms with E-state index in [1.807, 2.05) is 24.7 Å². The zero-order chi connectivity index (χ0) is 24.8. The Labute approximate surface area is 211 Å². The van der Waals surface area contributed by atoms with Gasteiger partial charge < -0.3 is 14.4 Å². The molecular formula is C27H34N6O3. The van der Waals surface area contributed by atoms with Gasteiger partial charge in [0.05, 0.1) is 43.6 Å². The summed E-state index contributed by atoms with van der Waals surface area (Å²) in [6, 6.07) is 7.00. The van der Waals surface area contributed by atoms with Crippen LogP contribution < -0.4 is 4.90 Å². The molecule has 2 aromatic heterocycles. The van der Waals surface area contributed by atoms with Crippen LogP contribution in [0, 0.1) is 13.8 Å². The largest absolute Gasteiger partial charge is 0.465 e. The third-order valence-corrected chi connectivity index (χ3v) is 7.86. The van der Waals surface area contributed by atoms with Crippen molar-refractivity contribution >= 4 is 22.7 Å². The first kappa shape index (κ1) is 23.4. The fourth-order valence-electron chi connectivity index (χ4n) is 6.09. The number of aryl methyl sites for hydroxylation is 2. The minimum atomic E-state index is -0.133. The molecule has 9 nitrogen and oxygen atoms in total. The van der Waals surface area contributed by atoms with Gasteiger partial charge in [0.15, 0.2) is 5.82 Å². The number of likely N-dealkylation sites (tertiary alicyclic amines) is 1. The third kappa shape index (κ3) is 4.35. The van der Waals surface area contributed by atoms with Gasteiger partial charge in [-0.15, -0.1) is 0 Å². The zero-order valence-corrected chi connectivity index (χ0v) is 21.3. The number of ether oxygens (including phenoxy) is 2. The van der Waals surface area contributed by atoms with Crippen molar-refractivity contribution in [2.24, 2.45) is 0 Å². The Morgan fingerprint density at radius 3 is 2.67 bits per heavy atom. The van der Waals surface area contributed by atoms with Crippen molar-refractivity contribution in [2.45, 2.75) is 58.1 Å². The normalized spacial score (nSPS) is 22.6. The molecule has 2 atom stereocenters. The molecule has 0 saturated carbocycles. The Balaban J connectivity index is 1.26. The second-order valence-electron chi connectivity index (χ2n) is 10.3. The molecule has 36 heavy (non-hydrogen) atoms. The van der Waals surface area contributed by atoms with Crippen molar-refractivity contribution in [3.05, 3.63) is 41.3 Å². The summed E-state index contributed by atoms with van der Waals surface area (Å²) in [5.41, 5.74) is 3.72. The van der Waals surface area contributed by atoms with Crippen LogP contribution in [-0.4, -0.2) is 82.2 Å². The summed E-state index contributed by atoms with van der Waals surface area (Å²) < 4.78 is 12.9. The summed E-state index contributed by atoms with van der Waals surface area (Å²) in [6.07, 6.45) is 5.36. The molecule has 3 fully saturated rings. The number of morpholine rings is 1. The highest BCUT2D eigenvalue weighted by atomic mass is 16.5. The van der Waals surface area contributed by atoms with E-state index in [4.69, 9.17) is 24.5 Å². The van der Waals surface area contributed by atoms with E-state index >= 15 is 0 Å². The molecule has 0 aliphatic carbocycles. The number of nitrogens with zero attached hydrogens (tertiary/aromatic N) is 6. The van der Waals surface area contributed by atoms with Crippen molar-refractivity contribution in [3.8, 4) is 5.82 Å². The van der Waals surface area contributed by atoms with Gasteiger partial charge >= 0.3 is 5.97 Å². The number of aromatic nitrogens is 4. The fourth-order valence-corrected chi connectivity index (χ4v) is 6.09. The molecule has 3 aliphatic rings. The molecule has 1 aromatic carbocycles. The maximum atomic E-state index is 11.9. The molecule has 9 heteroatoms. The van der Waals surface area contributed by atoms with Crippen molar-refractivity contribution < 1.29 is 14.3 Å². The first-order valence-corrected chi connectivity index (χ1v) is 13.1. The van der Waals surface area contributed by atoms with Crippen LogP contribution in [0.5, 0.6) is 0 Å². The first-order valence-electron chi connectivity index (χ1n) is 13.1. The van der Waals surface area contributed by atoms with Crippen molar-refractivity contribution in [3.63, 3.8) is 0 Å². The minimum Gasteiger partial charge on any atom is -0.465 e. The number of esters is 1. The van der Waals surface area contributed by atoms with Gasteiger partial charge in [0.1, 0.15) is 11.6 Å². The standard InChI is InChI=1S/C27H34N6O3/c1-4-35-27(34)15-31-7-5-19(6-8-31)23-11-24-20(9-17(23)2)13-28-33(24)26-12-25(29-18(3)30-26)32-14-22-10-21(32)16-36-22/h9,11-13,19,21-22H,4-8,10,14-16H2,1-3H3/t21-,22-/m0/s1. The molecule has 0 N–H and O–H groups in total. The Hall–Kier alpha value is -3.04. The topological polar surface area (TPSA) is 85.6 Å². The molecule has 2 bridgehead atoms. The van der Waals surface area contributed by atoms with Gasteiger partial charge in [-0.25, -0.2) is 14.6 Å². The average molecular weight is 491 g/mol. The van der Waals surface area contributed by atoms with E-state index < -0.39 is 0 Å². The number of benzene rings is 1. The van der Waals surface area contributed by atoms with Gasteiger partial charge in [0.25, 0.3) is 0 Å². The van der Waals surface area contributed by atoms with Gasteiger partial charge in [-0.2, -0.15) is 5.10 Å². The number of anilines is 1. The monoisotopic (exact) mass is 490 g/mol.